The zero-order valence-electron chi connectivity index (χ0n) is 12.7. The summed E-state index contributed by atoms with van der Waals surface area (Å²) in [6.07, 6.45) is 5.00. The van der Waals surface area contributed by atoms with Gasteiger partial charge in [0, 0.05) is 31.4 Å². The Morgan fingerprint density at radius 2 is 1.85 bits per heavy atom. The van der Waals surface area contributed by atoms with Crippen LogP contribution in [0.5, 0.6) is 0 Å². The first-order valence-corrected chi connectivity index (χ1v) is 8.06. The fourth-order valence-corrected chi connectivity index (χ4v) is 3.02. The highest BCUT2D eigenvalue weighted by atomic mass is 15.1. The maximum absolute atomic E-state index is 5.95. The van der Waals surface area contributed by atoms with E-state index in [4.69, 9.17) is 5.73 Å². The van der Waals surface area contributed by atoms with Gasteiger partial charge in [-0.3, -0.25) is 0 Å². The first kappa shape index (κ1) is 15.3. The molecule has 0 bridgehead atoms. The molecule has 112 valence electrons. The lowest BCUT2D eigenvalue weighted by atomic mass is 9.86. The van der Waals surface area contributed by atoms with Crippen LogP contribution in [0.15, 0.2) is 30.3 Å². The van der Waals surface area contributed by atoms with Crippen molar-refractivity contribution >= 4 is 5.69 Å². The Balaban J connectivity index is 1.64. The third-order valence-corrected chi connectivity index (χ3v) is 4.39. The molecule has 1 aliphatic rings. The lowest BCUT2D eigenvalue weighted by Crippen LogP contribution is -2.36. The van der Waals surface area contributed by atoms with E-state index in [0.717, 1.165) is 32.1 Å². The smallest absolute Gasteiger partial charge is 0.0366 e. The van der Waals surface area contributed by atoms with Crippen LogP contribution < -0.4 is 16.0 Å². The van der Waals surface area contributed by atoms with Gasteiger partial charge in [0.25, 0.3) is 0 Å². The molecule has 0 atom stereocenters. The standard InChI is InChI=1S/C17H29N3/c1-2-20(17-6-4-3-5-7-17)13-12-19-14-15-8-10-16(18)11-9-15/h3-7,15-16,19H,2,8-14,18H2,1H3/t15-,16-. The first-order chi connectivity index (χ1) is 9.79. The average Bonchev–Trinajstić information content (AvgIpc) is 2.50. The van der Waals surface area contributed by atoms with Crippen molar-refractivity contribution in [1.82, 2.24) is 5.32 Å². The molecule has 3 heteroatoms. The van der Waals surface area contributed by atoms with Gasteiger partial charge in [0.05, 0.1) is 0 Å². The molecule has 1 aromatic carbocycles. The van der Waals surface area contributed by atoms with Crippen LogP contribution in [-0.2, 0) is 0 Å². The lowest BCUT2D eigenvalue weighted by molar-refractivity contribution is 0.315. The van der Waals surface area contributed by atoms with Gasteiger partial charge in [-0.2, -0.15) is 0 Å². The zero-order valence-corrected chi connectivity index (χ0v) is 12.7. The molecule has 0 amide bonds. The van der Waals surface area contributed by atoms with Crippen LogP contribution in [0, 0.1) is 5.92 Å². The van der Waals surface area contributed by atoms with Crippen LogP contribution in [-0.4, -0.2) is 32.2 Å². The minimum atomic E-state index is 0.458. The van der Waals surface area contributed by atoms with E-state index in [9.17, 15) is 0 Å². The SMILES string of the molecule is CCN(CCNC[C@H]1CC[C@H](N)CC1)c1ccccc1. The first-order valence-electron chi connectivity index (χ1n) is 8.06. The Morgan fingerprint density at radius 3 is 2.50 bits per heavy atom. The van der Waals surface area contributed by atoms with Crippen LogP contribution in [0.25, 0.3) is 0 Å². The highest BCUT2D eigenvalue weighted by Gasteiger charge is 2.17. The van der Waals surface area contributed by atoms with Gasteiger partial charge in [0.15, 0.2) is 0 Å². The molecule has 0 unspecified atom stereocenters. The van der Waals surface area contributed by atoms with Crippen molar-refractivity contribution in [3.05, 3.63) is 30.3 Å². The van der Waals surface area contributed by atoms with Crippen LogP contribution >= 0.6 is 0 Å². The summed E-state index contributed by atoms with van der Waals surface area (Å²) in [5.41, 5.74) is 7.27. The van der Waals surface area contributed by atoms with Crippen molar-refractivity contribution < 1.29 is 0 Å². The van der Waals surface area contributed by atoms with Crippen molar-refractivity contribution in [2.24, 2.45) is 11.7 Å². The third-order valence-electron chi connectivity index (χ3n) is 4.39. The van der Waals surface area contributed by atoms with Crippen molar-refractivity contribution in [3.63, 3.8) is 0 Å². The van der Waals surface area contributed by atoms with E-state index in [0.29, 0.717) is 6.04 Å². The predicted octanol–water partition coefficient (Wildman–Crippen LogP) is 2.62. The molecule has 0 aromatic heterocycles. The molecule has 2 rings (SSSR count). The highest BCUT2D eigenvalue weighted by Crippen LogP contribution is 2.22. The number of hydrogen-bond donors (Lipinski definition) is 2. The van der Waals surface area contributed by atoms with E-state index in [1.807, 2.05) is 0 Å². The van der Waals surface area contributed by atoms with Crippen LogP contribution in [0.3, 0.4) is 0 Å². The number of nitrogens with zero attached hydrogens (tertiary/aromatic N) is 1. The largest absolute Gasteiger partial charge is 0.371 e. The van der Waals surface area contributed by atoms with Gasteiger partial charge in [-0.15, -0.1) is 0 Å². The molecule has 3 N–H and O–H groups in total. The molecule has 0 saturated heterocycles. The molecular formula is C17H29N3. The summed E-state index contributed by atoms with van der Waals surface area (Å²) >= 11 is 0. The number of para-hydroxylation sites is 1. The second-order valence-electron chi connectivity index (χ2n) is 5.90. The van der Waals surface area contributed by atoms with Gasteiger partial charge < -0.3 is 16.0 Å². The van der Waals surface area contributed by atoms with Gasteiger partial charge in [-0.05, 0) is 57.2 Å². The van der Waals surface area contributed by atoms with Gasteiger partial charge >= 0.3 is 0 Å². The fourth-order valence-electron chi connectivity index (χ4n) is 3.02. The molecule has 0 radical (unpaired) electrons. The Hall–Kier alpha value is -1.06. The minimum absolute atomic E-state index is 0.458. The summed E-state index contributed by atoms with van der Waals surface area (Å²) in [6.45, 7) is 6.57. The quantitative estimate of drug-likeness (QED) is 0.752. The Morgan fingerprint density at radius 1 is 1.15 bits per heavy atom. The summed E-state index contributed by atoms with van der Waals surface area (Å²) in [5, 5.41) is 3.62. The summed E-state index contributed by atoms with van der Waals surface area (Å²) in [7, 11) is 0. The number of benzene rings is 1. The Labute approximate surface area is 123 Å². The number of likely N-dealkylation sites (N-methyl/N-ethyl adjacent to an activating group) is 1. The van der Waals surface area contributed by atoms with E-state index in [1.165, 1.54) is 31.4 Å². The van der Waals surface area contributed by atoms with E-state index in [2.05, 4.69) is 47.5 Å². The molecule has 20 heavy (non-hydrogen) atoms. The second-order valence-corrected chi connectivity index (χ2v) is 5.90. The van der Waals surface area contributed by atoms with Gasteiger partial charge in [-0.25, -0.2) is 0 Å². The van der Waals surface area contributed by atoms with Crippen molar-refractivity contribution in [2.75, 3.05) is 31.1 Å². The lowest BCUT2D eigenvalue weighted by Gasteiger charge is -2.27. The van der Waals surface area contributed by atoms with Crippen molar-refractivity contribution in [1.29, 1.82) is 0 Å². The molecule has 1 aromatic rings. The molecule has 0 spiro atoms. The molecule has 0 aliphatic heterocycles. The van der Waals surface area contributed by atoms with Crippen LogP contribution in [0.1, 0.15) is 32.6 Å². The number of rotatable bonds is 7. The van der Waals surface area contributed by atoms with E-state index < -0.39 is 0 Å². The Bertz CT molecular complexity index is 358. The molecule has 1 aliphatic carbocycles. The molecule has 3 nitrogen and oxygen atoms in total. The molecular weight excluding hydrogens is 246 g/mol. The maximum Gasteiger partial charge on any atom is 0.0366 e. The average molecular weight is 275 g/mol. The molecule has 1 fully saturated rings. The highest BCUT2D eigenvalue weighted by molar-refractivity contribution is 5.45. The van der Waals surface area contributed by atoms with Gasteiger partial charge in [-0.1, -0.05) is 18.2 Å². The predicted molar refractivity (Wildman–Crippen MR) is 87.1 cm³/mol. The number of hydrogen-bond acceptors (Lipinski definition) is 3. The maximum atomic E-state index is 5.95. The van der Waals surface area contributed by atoms with Gasteiger partial charge in [0.2, 0.25) is 0 Å². The summed E-state index contributed by atoms with van der Waals surface area (Å²) < 4.78 is 0. The third kappa shape index (κ3) is 4.80. The fraction of sp³-hybridized carbons (Fsp3) is 0.647. The normalized spacial score (nSPS) is 22.7. The minimum Gasteiger partial charge on any atom is -0.371 e. The second kappa shape index (κ2) is 8.28. The Kier molecular flexibility index (Phi) is 6.34. The summed E-state index contributed by atoms with van der Waals surface area (Å²) in [4.78, 5) is 2.42. The topological polar surface area (TPSA) is 41.3 Å². The summed E-state index contributed by atoms with van der Waals surface area (Å²) in [5.74, 6) is 0.835. The molecule has 0 heterocycles. The van der Waals surface area contributed by atoms with Crippen molar-refractivity contribution in [2.45, 2.75) is 38.6 Å². The van der Waals surface area contributed by atoms with E-state index in [-0.39, 0.29) is 0 Å². The number of anilines is 1. The van der Waals surface area contributed by atoms with E-state index >= 15 is 0 Å². The monoisotopic (exact) mass is 275 g/mol. The van der Waals surface area contributed by atoms with E-state index in [1.54, 1.807) is 0 Å². The number of nitrogens with two attached hydrogens (primary N) is 1. The summed E-state index contributed by atoms with van der Waals surface area (Å²) in [6, 6.07) is 11.1. The van der Waals surface area contributed by atoms with Crippen LogP contribution in [0.2, 0.25) is 0 Å². The number of nitrogens with one attached hydrogen (secondary N) is 1. The van der Waals surface area contributed by atoms with Gasteiger partial charge in [0.1, 0.15) is 0 Å². The molecule has 1 saturated carbocycles. The van der Waals surface area contributed by atoms with Crippen molar-refractivity contribution in [3.8, 4) is 0 Å². The zero-order chi connectivity index (χ0) is 14.2. The van der Waals surface area contributed by atoms with Crippen LogP contribution in [0.4, 0.5) is 5.69 Å².